The van der Waals surface area contributed by atoms with E-state index in [4.69, 9.17) is 14.2 Å². The molecule has 0 aliphatic rings. The Morgan fingerprint density at radius 3 is 2.30 bits per heavy atom. The molecule has 30 heavy (non-hydrogen) atoms. The van der Waals surface area contributed by atoms with Gasteiger partial charge in [0.15, 0.2) is 11.5 Å². The molecule has 0 saturated heterocycles. The van der Waals surface area contributed by atoms with Gasteiger partial charge in [-0.05, 0) is 60.2 Å². The number of hydrogen-bond donors (Lipinski definition) is 1. The van der Waals surface area contributed by atoms with Crippen LogP contribution < -0.4 is 19.6 Å². The summed E-state index contributed by atoms with van der Waals surface area (Å²) in [5.74, 6) is 0.369. The number of hydrogen-bond acceptors (Lipinski definition) is 7. The number of methoxy groups -OCH3 is 2. The van der Waals surface area contributed by atoms with Crippen LogP contribution >= 0.6 is 0 Å². The van der Waals surface area contributed by atoms with Crippen molar-refractivity contribution in [2.45, 2.75) is 0 Å². The van der Waals surface area contributed by atoms with Crippen molar-refractivity contribution in [3.05, 3.63) is 83.7 Å². The van der Waals surface area contributed by atoms with E-state index in [1.165, 1.54) is 25.7 Å². The number of amides is 1. The molecule has 0 spiro atoms. The number of carbonyl (C=O) groups is 2. The predicted octanol–water partition coefficient (Wildman–Crippen LogP) is 3.08. The van der Waals surface area contributed by atoms with Gasteiger partial charge in [-0.15, -0.1) is 0 Å². The van der Waals surface area contributed by atoms with Crippen molar-refractivity contribution >= 4 is 18.1 Å². The highest BCUT2D eigenvalue weighted by Crippen LogP contribution is 2.28. The minimum absolute atomic E-state index is 0.260. The van der Waals surface area contributed by atoms with Gasteiger partial charge in [0.1, 0.15) is 5.75 Å². The predicted molar refractivity (Wildman–Crippen MR) is 110 cm³/mol. The van der Waals surface area contributed by atoms with Crippen LogP contribution in [0.3, 0.4) is 0 Å². The maximum atomic E-state index is 12.4. The Labute approximate surface area is 173 Å². The fourth-order valence-electron chi connectivity index (χ4n) is 2.47. The lowest BCUT2D eigenvalue weighted by molar-refractivity contribution is 0.0729. The first-order valence-corrected chi connectivity index (χ1v) is 8.88. The normalized spacial score (nSPS) is 10.5. The summed E-state index contributed by atoms with van der Waals surface area (Å²) < 4.78 is 15.8. The molecule has 0 unspecified atom stereocenters. The molecule has 0 bridgehead atoms. The second kappa shape index (κ2) is 9.83. The van der Waals surface area contributed by atoms with Gasteiger partial charge < -0.3 is 14.2 Å². The lowest BCUT2D eigenvalue weighted by atomic mass is 10.2. The maximum Gasteiger partial charge on any atom is 0.343 e. The molecular weight excluding hydrogens is 386 g/mol. The molecule has 3 aromatic rings. The number of nitrogens with one attached hydrogen (secondary N) is 1. The number of carbonyl (C=O) groups excluding carboxylic acids is 2. The van der Waals surface area contributed by atoms with Gasteiger partial charge in [-0.25, -0.2) is 10.2 Å². The first-order valence-electron chi connectivity index (χ1n) is 8.88. The summed E-state index contributed by atoms with van der Waals surface area (Å²) in [5.41, 5.74) is 3.90. The minimum atomic E-state index is -0.526. The molecule has 1 aromatic heterocycles. The maximum absolute atomic E-state index is 12.4. The largest absolute Gasteiger partial charge is 0.497 e. The van der Waals surface area contributed by atoms with Crippen LogP contribution in [0.5, 0.6) is 17.2 Å². The van der Waals surface area contributed by atoms with Crippen LogP contribution in [-0.2, 0) is 0 Å². The van der Waals surface area contributed by atoms with E-state index in [2.05, 4.69) is 15.5 Å². The first kappa shape index (κ1) is 20.5. The minimum Gasteiger partial charge on any atom is -0.497 e. The second-order valence-electron chi connectivity index (χ2n) is 5.96. The van der Waals surface area contributed by atoms with E-state index >= 15 is 0 Å². The van der Waals surface area contributed by atoms with Crippen LogP contribution in [0.25, 0.3) is 0 Å². The van der Waals surface area contributed by atoms with Gasteiger partial charge in [0.05, 0.1) is 26.0 Å². The smallest absolute Gasteiger partial charge is 0.343 e. The summed E-state index contributed by atoms with van der Waals surface area (Å²) in [6, 6.07) is 14.6. The van der Waals surface area contributed by atoms with Crippen molar-refractivity contribution in [1.82, 2.24) is 10.4 Å². The molecule has 8 heteroatoms. The topological polar surface area (TPSA) is 99.1 Å². The molecule has 0 aliphatic carbocycles. The van der Waals surface area contributed by atoms with Crippen molar-refractivity contribution in [1.29, 1.82) is 0 Å². The van der Waals surface area contributed by atoms with E-state index in [1.807, 2.05) is 0 Å². The standard InChI is InChI=1S/C22H19N3O5/c1-28-18-6-4-17(5-7-18)22(27)30-19-8-3-15(13-20(19)29-2)14-24-25-21(26)16-9-11-23-12-10-16/h3-14H,1-2H3,(H,25,26)/b24-14-. The van der Waals surface area contributed by atoms with E-state index in [0.717, 1.165) is 0 Å². The third-order valence-corrected chi connectivity index (χ3v) is 4.04. The molecular formula is C22H19N3O5. The molecule has 3 rings (SSSR count). The van der Waals surface area contributed by atoms with Crippen LogP contribution in [0.15, 0.2) is 72.1 Å². The third-order valence-electron chi connectivity index (χ3n) is 4.04. The molecule has 0 radical (unpaired) electrons. The van der Waals surface area contributed by atoms with Crippen LogP contribution in [-0.4, -0.2) is 37.3 Å². The van der Waals surface area contributed by atoms with Crippen molar-refractivity contribution in [3.63, 3.8) is 0 Å². The molecule has 152 valence electrons. The Morgan fingerprint density at radius 1 is 0.900 bits per heavy atom. The zero-order chi connectivity index (χ0) is 21.3. The Balaban J connectivity index is 1.66. The van der Waals surface area contributed by atoms with E-state index < -0.39 is 5.97 Å². The second-order valence-corrected chi connectivity index (χ2v) is 5.96. The lowest BCUT2D eigenvalue weighted by Gasteiger charge is -2.10. The molecule has 1 heterocycles. The number of aromatic nitrogens is 1. The quantitative estimate of drug-likeness (QED) is 0.281. The molecule has 1 amide bonds. The molecule has 1 N–H and O–H groups in total. The number of nitrogens with zero attached hydrogens (tertiary/aromatic N) is 2. The highest BCUT2D eigenvalue weighted by atomic mass is 16.6. The number of pyridine rings is 1. The van der Waals surface area contributed by atoms with Gasteiger partial charge >= 0.3 is 5.97 Å². The molecule has 0 aliphatic heterocycles. The summed E-state index contributed by atoms with van der Waals surface area (Å²) >= 11 is 0. The summed E-state index contributed by atoms with van der Waals surface area (Å²) in [4.78, 5) is 28.2. The average molecular weight is 405 g/mol. The lowest BCUT2D eigenvalue weighted by Crippen LogP contribution is -2.17. The van der Waals surface area contributed by atoms with Crippen LogP contribution in [0.2, 0.25) is 0 Å². The van der Waals surface area contributed by atoms with E-state index in [9.17, 15) is 9.59 Å². The Bertz CT molecular complexity index is 1050. The summed E-state index contributed by atoms with van der Waals surface area (Å²) in [7, 11) is 3.01. The molecule has 0 fully saturated rings. The van der Waals surface area contributed by atoms with Crippen molar-refractivity contribution < 1.29 is 23.8 Å². The Morgan fingerprint density at radius 2 is 1.63 bits per heavy atom. The van der Waals surface area contributed by atoms with Gasteiger partial charge in [0.25, 0.3) is 5.91 Å². The molecule has 2 aromatic carbocycles. The number of hydrazone groups is 1. The van der Waals surface area contributed by atoms with Crippen molar-refractivity contribution in [3.8, 4) is 17.2 Å². The summed E-state index contributed by atoms with van der Waals surface area (Å²) in [6.45, 7) is 0. The number of rotatable bonds is 7. The van der Waals surface area contributed by atoms with Gasteiger partial charge in [0.2, 0.25) is 0 Å². The van der Waals surface area contributed by atoms with Gasteiger partial charge in [0, 0.05) is 18.0 Å². The van der Waals surface area contributed by atoms with Gasteiger partial charge in [-0.1, -0.05) is 0 Å². The first-order chi connectivity index (χ1) is 14.6. The zero-order valence-corrected chi connectivity index (χ0v) is 16.4. The number of benzene rings is 2. The SMILES string of the molecule is COc1ccc(C(=O)Oc2ccc(/C=N\NC(=O)c3ccncc3)cc2OC)cc1. The van der Waals surface area contributed by atoms with E-state index in [1.54, 1.807) is 61.7 Å². The summed E-state index contributed by atoms with van der Waals surface area (Å²) in [6.07, 6.45) is 4.50. The molecule has 8 nitrogen and oxygen atoms in total. The van der Waals surface area contributed by atoms with Crippen LogP contribution in [0.1, 0.15) is 26.3 Å². The van der Waals surface area contributed by atoms with Crippen LogP contribution in [0, 0.1) is 0 Å². The monoisotopic (exact) mass is 405 g/mol. The van der Waals surface area contributed by atoms with E-state index in [0.29, 0.717) is 28.2 Å². The zero-order valence-electron chi connectivity index (χ0n) is 16.4. The molecule has 0 atom stereocenters. The highest BCUT2D eigenvalue weighted by molar-refractivity contribution is 5.95. The highest BCUT2D eigenvalue weighted by Gasteiger charge is 2.13. The van der Waals surface area contributed by atoms with Crippen molar-refractivity contribution in [2.75, 3.05) is 14.2 Å². The van der Waals surface area contributed by atoms with E-state index in [-0.39, 0.29) is 11.7 Å². The van der Waals surface area contributed by atoms with Gasteiger partial charge in [-0.3, -0.25) is 9.78 Å². The van der Waals surface area contributed by atoms with Gasteiger partial charge in [-0.2, -0.15) is 5.10 Å². The fourth-order valence-corrected chi connectivity index (χ4v) is 2.47. The average Bonchev–Trinajstić information content (AvgIpc) is 2.80. The number of esters is 1. The Hall–Kier alpha value is -4.20. The van der Waals surface area contributed by atoms with Crippen molar-refractivity contribution in [2.24, 2.45) is 5.10 Å². The Kier molecular flexibility index (Phi) is 6.73. The summed E-state index contributed by atoms with van der Waals surface area (Å²) in [5, 5.41) is 3.93. The molecule has 0 saturated carbocycles. The van der Waals surface area contributed by atoms with Crippen LogP contribution in [0.4, 0.5) is 0 Å². The third kappa shape index (κ3) is 5.20. The number of ether oxygens (including phenoxy) is 3. The fraction of sp³-hybridized carbons (Fsp3) is 0.0909.